The van der Waals surface area contributed by atoms with Crippen LogP contribution in [0, 0.1) is 0 Å². The maximum atomic E-state index is 12.5. The van der Waals surface area contributed by atoms with E-state index in [1.165, 1.54) is 0 Å². The topological polar surface area (TPSA) is 90.5 Å². The summed E-state index contributed by atoms with van der Waals surface area (Å²) >= 11 is 0. The Morgan fingerprint density at radius 2 is 1.50 bits per heavy atom. The van der Waals surface area contributed by atoms with Gasteiger partial charge in [-0.05, 0) is 61.7 Å². The third-order valence-corrected chi connectivity index (χ3v) is 4.89. The van der Waals surface area contributed by atoms with Crippen LogP contribution in [0.3, 0.4) is 0 Å². The van der Waals surface area contributed by atoms with Crippen LogP contribution in [0.5, 0.6) is 0 Å². The van der Waals surface area contributed by atoms with E-state index in [2.05, 4.69) is 16.0 Å². The van der Waals surface area contributed by atoms with Gasteiger partial charge in [-0.3, -0.25) is 14.4 Å². The number of likely N-dealkylation sites (tertiary alicyclic amines) is 1. The van der Waals surface area contributed by atoms with Gasteiger partial charge in [0.1, 0.15) is 0 Å². The molecule has 2 aromatic carbocycles. The average molecular weight is 409 g/mol. The molecule has 7 heteroatoms. The van der Waals surface area contributed by atoms with Gasteiger partial charge in [0.2, 0.25) is 11.8 Å². The van der Waals surface area contributed by atoms with E-state index in [9.17, 15) is 14.4 Å². The summed E-state index contributed by atoms with van der Waals surface area (Å²) in [6, 6.07) is 14.2. The molecule has 1 aliphatic rings. The van der Waals surface area contributed by atoms with Crippen LogP contribution in [-0.4, -0.2) is 42.3 Å². The maximum Gasteiger partial charge on any atom is 0.253 e. The van der Waals surface area contributed by atoms with Crippen LogP contribution in [-0.2, 0) is 9.59 Å². The van der Waals surface area contributed by atoms with Crippen molar-refractivity contribution >= 4 is 34.8 Å². The highest BCUT2D eigenvalue weighted by atomic mass is 16.2. The molecule has 1 aliphatic heterocycles. The van der Waals surface area contributed by atoms with E-state index < -0.39 is 0 Å². The lowest BCUT2D eigenvalue weighted by Gasteiger charge is -2.16. The van der Waals surface area contributed by atoms with Gasteiger partial charge in [0.25, 0.3) is 5.91 Å². The molecule has 0 bridgehead atoms. The molecular weight excluding hydrogens is 380 g/mol. The normalized spacial score (nSPS) is 13.0. The number of hydrogen-bond acceptors (Lipinski definition) is 4. The minimum absolute atomic E-state index is 0.0241. The zero-order valence-corrected chi connectivity index (χ0v) is 17.2. The summed E-state index contributed by atoms with van der Waals surface area (Å²) in [5.41, 5.74) is 2.70. The molecule has 2 aromatic rings. The van der Waals surface area contributed by atoms with Crippen LogP contribution in [0.1, 0.15) is 43.0 Å². The van der Waals surface area contributed by atoms with Crippen molar-refractivity contribution in [3.8, 4) is 0 Å². The number of carbonyl (C=O) groups is 3. The summed E-state index contributed by atoms with van der Waals surface area (Å²) in [6.07, 6.45) is 3.38. The van der Waals surface area contributed by atoms with Gasteiger partial charge in [-0.2, -0.15) is 0 Å². The first-order valence-electron chi connectivity index (χ1n) is 10.4. The molecule has 0 spiro atoms. The van der Waals surface area contributed by atoms with Crippen LogP contribution in [0.2, 0.25) is 0 Å². The highest BCUT2D eigenvalue weighted by Gasteiger charge is 2.19. The number of benzene rings is 2. The van der Waals surface area contributed by atoms with E-state index in [1.807, 2.05) is 24.0 Å². The Bertz CT molecular complexity index is 890. The standard InChI is InChI=1S/C23H28N4O3/c1-2-6-21(28)25-18-9-11-19(12-10-18)26-22(29)16-24-20-8-5-7-17(15-20)23(30)27-13-3-4-14-27/h5,7-12,15,24H,2-4,6,13-14,16H2,1H3,(H,25,28)(H,26,29). The molecule has 1 heterocycles. The van der Waals surface area contributed by atoms with Crippen LogP contribution < -0.4 is 16.0 Å². The molecule has 0 unspecified atom stereocenters. The molecule has 0 saturated carbocycles. The molecule has 7 nitrogen and oxygen atoms in total. The summed E-state index contributed by atoms with van der Waals surface area (Å²) in [6.45, 7) is 3.64. The summed E-state index contributed by atoms with van der Waals surface area (Å²) in [7, 11) is 0. The number of anilines is 3. The largest absolute Gasteiger partial charge is 0.376 e. The first-order chi connectivity index (χ1) is 14.5. The SMILES string of the molecule is CCCC(=O)Nc1ccc(NC(=O)CNc2cccc(C(=O)N3CCCC3)c2)cc1. The molecule has 1 saturated heterocycles. The average Bonchev–Trinajstić information content (AvgIpc) is 3.28. The predicted molar refractivity (Wildman–Crippen MR) is 119 cm³/mol. The third kappa shape index (κ3) is 6.07. The number of amides is 3. The van der Waals surface area contributed by atoms with E-state index >= 15 is 0 Å². The molecule has 1 fully saturated rings. The fourth-order valence-corrected chi connectivity index (χ4v) is 3.34. The number of carbonyl (C=O) groups excluding carboxylic acids is 3. The van der Waals surface area contributed by atoms with Crippen molar-refractivity contribution in [1.82, 2.24) is 4.90 Å². The highest BCUT2D eigenvalue weighted by molar-refractivity contribution is 5.96. The molecule has 0 radical (unpaired) electrons. The van der Waals surface area contributed by atoms with Crippen LogP contribution in [0.4, 0.5) is 17.1 Å². The summed E-state index contributed by atoms with van der Waals surface area (Å²) in [5, 5.41) is 8.68. The molecule has 0 aromatic heterocycles. The molecule has 0 atom stereocenters. The van der Waals surface area contributed by atoms with Gasteiger partial charge >= 0.3 is 0 Å². The van der Waals surface area contributed by atoms with Gasteiger partial charge < -0.3 is 20.9 Å². The molecule has 30 heavy (non-hydrogen) atoms. The summed E-state index contributed by atoms with van der Waals surface area (Å²) in [5.74, 6) is -0.190. The van der Waals surface area contributed by atoms with E-state index in [0.29, 0.717) is 23.4 Å². The summed E-state index contributed by atoms with van der Waals surface area (Å²) in [4.78, 5) is 38.2. The molecule has 3 amide bonds. The van der Waals surface area contributed by atoms with Crippen molar-refractivity contribution in [3.05, 3.63) is 54.1 Å². The first-order valence-corrected chi connectivity index (χ1v) is 10.4. The summed E-state index contributed by atoms with van der Waals surface area (Å²) < 4.78 is 0. The van der Waals surface area contributed by atoms with Crippen LogP contribution >= 0.6 is 0 Å². The van der Waals surface area contributed by atoms with Gasteiger partial charge in [0.15, 0.2) is 0 Å². The Balaban J connectivity index is 1.49. The van der Waals surface area contributed by atoms with Gasteiger partial charge in [-0.15, -0.1) is 0 Å². The van der Waals surface area contributed by atoms with Crippen molar-refractivity contribution in [2.45, 2.75) is 32.6 Å². The maximum absolute atomic E-state index is 12.5. The lowest BCUT2D eigenvalue weighted by atomic mass is 10.1. The Morgan fingerprint density at radius 3 is 2.13 bits per heavy atom. The highest BCUT2D eigenvalue weighted by Crippen LogP contribution is 2.17. The second kappa shape index (κ2) is 10.4. The van der Waals surface area contributed by atoms with Crippen molar-refractivity contribution < 1.29 is 14.4 Å². The molecule has 158 valence electrons. The number of nitrogens with one attached hydrogen (secondary N) is 3. The zero-order chi connectivity index (χ0) is 21.3. The van der Waals surface area contributed by atoms with Crippen molar-refractivity contribution in [3.63, 3.8) is 0 Å². The third-order valence-electron chi connectivity index (χ3n) is 4.89. The monoisotopic (exact) mass is 408 g/mol. The minimum Gasteiger partial charge on any atom is -0.376 e. The zero-order valence-electron chi connectivity index (χ0n) is 17.2. The Kier molecular flexibility index (Phi) is 7.43. The van der Waals surface area contributed by atoms with E-state index in [1.54, 1.807) is 36.4 Å². The second-order valence-corrected chi connectivity index (χ2v) is 7.36. The van der Waals surface area contributed by atoms with Crippen LogP contribution in [0.15, 0.2) is 48.5 Å². The lowest BCUT2D eigenvalue weighted by Crippen LogP contribution is -2.27. The Labute approximate surface area is 176 Å². The quantitative estimate of drug-likeness (QED) is 0.621. The van der Waals surface area contributed by atoms with Gasteiger partial charge in [0.05, 0.1) is 6.54 Å². The molecule has 0 aliphatic carbocycles. The second-order valence-electron chi connectivity index (χ2n) is 7.36. The smallest absolute Gasteiger partial charge is 0.253 e. The van der Waals surface area contributed by atoms with Crippen molar-refractivity contribution in [1.29, 1.82) is 0 Å². The van der Waals surface area contributed by atoms with Gasteiger partial charge in [-0.1, -0.05) is 13.0 Å². The van der Waals surface area contributed by atoms with E-state index in [0.717, 1.165) is 38.0 Å². The van der Waals surface area contributed by atoms with E-state index in [4.69, 9.17) is 0 Å². The van der Waals surface area contributed by atoms with Crippen molar-refractivity contribution in [2.75, 3.05) is 35.6 Å². The van der Waals surface area contributed by atoms with Gasteiger partial charge in [-0.25, -0.2) is 0 Å². The predicted octanol–water partition coefficient (Wildman–Crippen LogP) is 3.71. The first kappa shape index (κ1) is 21.4. The fourth-order valence-electron chi connectivity index (χ4n) is 3.34. The fraction of sp³-hybridized carbons (Fsp3) is 0.348. The molecule has 3 N–H and O–H groups in total. The Hall–Kier alpha value is -3.35. The molecular formula is C23H28N4O3. The number of nitrogens with zero attached hydrogens (tertiary/aromatic N) is 1. The lowest BCUT2D eigenvalue weighted by molar-refractivity contribution is -0.116. The van der Waals surface area contributed by atoms with Gasteiger partial charge in [0, 0.05) is 42.1 Å². The minimum atomic E-state index is -0.200. The number of hydrogen-bond donors (Lipinski definition) is 3. The Morgan fingerprint density at radius 1 is 0.867 bits per heavy atom. The van der Waals surface area contributed by atoms with Crippen molar-refractivity contribution in [2.24, 2.45) is 0 Å². The van der Waals surface area contributed by atoms with Crippen LogP contribution in [0.25, 0.3) is 0 Å². The number of rotatable bonds is 8. The van der Waals surface area contributed by atoms with E-state index in [-0.39, 0.29) is 24.3 Å². The molecule has 3 rings (SSSR count).